The third-order valence-corrected chi connectivity index (χ3v) is 5.52. The van der Waals surface area contributed by atoms with Gasteiger partial charge in [0, 0.05) is 36.9 Å². The first-order chi connectivity index (χ1) is 17.7. The van der Waals surface area contributed by atoms with Crippen LogP contribution in [-0.2, 0) is 9.47 Å². The minimum Gasteiger partial charge on any atom is -0.395 e. The van der Waals surface area contributed by atoms with Crippen molar-refractivity contribution in [3.05, 3.63) is 29.8 Å². The minimum atomic E-state index is -0.206. The Morgan fingerprint density at radius 3 is 2.50 bits per heavy atom. The van der Waals surface area contributed by atoms with E-state index in [1.54, 1.807) is 18.2 Å². The van der Waals surface area contributed by atoms with E-state index in [9.17, 15) is 4.79 Å². The van der Waals surface area contributed by atoms with Gasteiger partial charge in [0.1, 0.15) is 0 Å². The van der Waals surface area contributed by atoms with Crippen LogP contribution in [0.3, 0.4) is 0 Å². The Balaban J connectivity index is 1.56. The number of aromatic nitrogens is 3. The van der Waals surface area contributed by atoms with Crippen molar-refractivity contribution in [3.63, 3.8) is 0 Å². The van der Waals surface area contributed by atoms with Gasteiger partial charge >= 0.3 is 0 Å². The Bertz CT molecular complexity index is 927. The number of benzene rings is 1. The summed E-state index contributed by atoms with van der Waals surface area (Å²) in [7, 11) is 0. The lowest BCUT2D eigenvalue weighted by Crippen LogP contribution is -2.27. The zero-order valence-corrected chi connectivity index (χ0v) is 20.7. The van der Waals surface area contributed by atoms with Crippen LogP contribution in [0.5, 0.6) is 0 Å². The van der Waals surface area contributed by atoms with E-state index in [2.05, 4.69) is 36.2 Å². The van der Waals surface area contributed by atoms with E-state index in [-0.39, 0.29) is 12.5 Å². The maximum Gasteiger partial charge on any atom is 0.251 e. The molecule has 0 atom stereocenters. The van der Waals surface area contributed by atoms with Gasteiger partial charge in [0.25, 0.3) is 5.91 Å². The molecule has 198 valence electrons. The fourth-order valence-corrected chi connectivity index (χ4v) is 3.78. The molecule has 0 saturated heterocycles. The zero-order chi connectivity index (χ0) is 25.4. The third kappa shape index (κ3) is 9.90. The Morgan fingerprint density at radius 1 is 0.972 bits per heavy atom. The van der Waals surface area contributed by atoms with Crippen molar-refractivity contribution in [2.24, 2.45) is 5.73 Å². The molecule has 1 amide bonds. The summed E-state index contributed by atoms with van der Waals surface area (Å²) >= 11 is 0. The molecule has 36 heavy (non-hydrogen) atoms. The maximum atomic E-state index is 12.6. The molecule has 1 aromatic carbocycles. The van der Waals surface area contributed by atoms with E-state index >= 15 is 0 Å². The van der Waals surface area contributed by atoms with Crippen molar-refractivity contribution in [2.75, 3.05) is 68.6 Å². The molecular formula is C24H38N8O4. The molecule has 1 heterocycles. The Kier molecular flexibility index (Phi) is 12.1. The molecule has 0 radical (unpaired) electrons. The van der Waals surface area contributed by atoms with Crippen LogP contribution in [-0.4, -0.2) is 84.7 Å². The predicted octanol–water partition coefficient (Wildman–Crippen LogP) is 1.49. The SMILES string of the molecule is NCCOCCOCCNC(=O)c1cccc(Nc2nc(NCCO)nc(NC3CCCCC3)n2)c1. The first kappa shape index (κ1) is 27.5. The average molecular weight is 503 g/mol. The quantitative estimate of drug-likeness (QED) is 0.184. The van der Waals surface area contributed by atoms with Crippen LogP contribution in [0.15, 0.2) is 24.3 Å². The van der Waals surface area contributed by atoms with Crippen LogP contribution in [0.1, 0.15) is 42.5 Å². The van der Waals surface area contributed by atoms with Crippen LogP contribution in [0.2, 0.25) is 0 Å². The standard InChI is InChI=1S/C24H38N8O4/c25-9-13-35-15-16-36-14-11-26-21(34)18-5-4-8-20(17-18)29-24-31-22(27-10-12-33)30-23(32-24)28-19-6-2-1-3-7-19/h4-5,8,17,19,33H,1-3,6-7,9-16,25H2,(H,26,34)(H3,27,28,29,30,31,32). The van der Waals surface area contributed by atoms with Gasteiger partial charge in [-0.3, -0.25) is 4.79 Å². The molecule has 1 aliphatic rings. The molecule has 3 rings (SSSR count). The fourth-order valence-electron chi connectivity index (χ4n) is 3.78. The van der Waals surface area contributed by atoms with Crippen molar-refractivity contribution in [2.45, 2.75) is 38.1 Å². The van der Waals surface area contributed by atoms with Gasteiger partial charge in [-0.1, -0.05) is 25.3 Å². The van der Waals surface area contributed by atoms with Crippen molar-refractivity contribution in [1.82, 2.24) is 20.3 Å². The fraction of sp³-hybridized carbons (Fsp3) is 0.583. The number of nitrogens with one attached hydrogen (secondary N) is 4. The summed E-state index contributed by atoms with van der Waals surface area (Å²) in [6, 6.07) is 7.42. The number of aliphatic hydroxyl groups excluding tert-OH is 1. The van der Waals surface area contributed by atoms with E-state index in [4.69, 9.17) is 20.3 Å². The van der Waals surface area contributed by atoms with Crippen LogP contribution < -0.4 is 27.0 Å². The van der Waals surface area contributed by atoms with E-state index in [1.807, 2.05) is 6.07 Å². The second-order valence-corrected chi connectivity index (χ2v) is 8.41. The number of carbonyl (C=O) groups is 1. The number of nitrogens with two attached hydrogens (primary N) is 1. The van der Waals surface area contributed by atoms with Gasteiger partial charge in [0.05, 0.1) is 33.0 Å². The largest absolute Gasteiger partial charge is 0.395 e. The number of nitrogens with zero attached hydrogens (tertiary/aromatic N) is 3. The van der Waals surface area contributed by atoms with E-state index in [0.29, 0.717) is 81.2 Å². The Morgan fingerprint density at radius 2 is 1.72 bits per heavy atom. The predicted molar refractivity (Wildman–Crippen MR) is 139 cm³/mol. The van der Waals surface area contributed by atoms with E-state index in [1.165, 1.54) is 19.3 Å². The van der Waals surface area contributed by atoms with Crippen molar-refractivity contribution >= 4 is 29.4 Å². The summed E-state index contributed by atoms with van der Waals surface area (Å²) < 4.78 is 10.7. The monoisotopic (exact) mass is 502 g/mol. The highest BCUT2D eigenvalue weighted by molar-refractivity contribution is 5.95. The van der Waals surface area contributed by atoms with E-state index in [0.717, 1.165) is 12.8 Å². The highest BCUT2D eigenvalue weighted by atomic mass is 16.5. The molecule has 7 N–H and O–H groups in total. The average Bonchev–Trinajstić information content (AvgIpc) is 2.89. The molecule has 12 heteroatoms. The molecule has 2 aromatic rings. The number of anilines is 4. The molecule has 1 saturated carbocycles. The van der Waals surface area contributed by atoms with Crippen LogP contribution in [0.4, 0.5) is 23.5 Å². The Hall–Kier alpha value is -3.06. The molecule has 0 bridgehead atoms. The first-order valence-electron chi connectivity index (χ1n) is 12.6. The second kappa shape index (κ2) is 15.8. The van der Waals surface area contributed by atoms with Crippen molar-refractivity contribution in [1.29, 1.82) is 0 Å². The van der Waals surface area contributed by atoms with Crippen LogP contribution in [0, 0.1) is 0 Å². The highest BCUT2D eigenvalue weighted by Gasteiger charge is 2.16. The van der Waals surface area contributed by atoms with E-state index < -0.39 is 0 Å². The second-order valence-electron chi connectivity index (χ2n) is 8.41. The summed E-state index contributed by atoms with van der Waals surface area (Å²) in [5, 5.41) is 21.6. The molecule has 0 spiro atoms. The molecule has 1 aliphatic carbocycles. The number of amides is 1. The van der Waals surface area contributed by atoms with Crippen LogP contribution >= 0.6 is 0 Å². The topological polar surface area (TPSA) is 169 Å². The van der Waals surface area contributed by atoms with Gasteiger partial charge in [0.2, 0.25) is 17.8 Å². The molecule has 1 aromatic heterocycles. The lowest BCUT2D eigenvalue weighted by atomic mass is 9.96. The smallest absolute Gasteiger partial charge is 0.251 e. The molecule has 12 nitrogen and oxygen atoms in total. The van der Waals surface area contributed by atoms with Gasteiger partial charge in [0.15, 0.2) is 0 Å². The van der Waals surface area contributed by atoms with Gasteiger partial charge in [-0.25, -0.2) is 0 Å². The van der Waals surface area contributed by atoms with Crippen molar-refractivity contribution < 1.29 is 19.4 Å². The molecule has 1 fully saturated rings. The molecular weight excluding hydrogens is 464 g/mol. The summed E-state index contributed by atoms with van der Waals surface area (Å²) in [6.45, 7) is 2.98. The normalized spacial score (nSPS) is 13.8. The lowest BCUT2D eigenvalue weighted by Gasteiger charge is -2.23. The van der Waals surface area contributed by atoms with Gasteiger partial charge in [-0.05, 0) is 31.0 Å². The number of ether oxygens (including phenoxy) is 2. The minimum absolute atomic E-state index is 0.0376. The van der Waals surface area contributed by atoms with Gasteiger partial charge < -0.3 is 41.6 Å². The first-order valence-corrected chi connectivity index (χ1v) is 12.6. The van der Waals surface area contributed by atoms with Gasteiger partial charge in [-0.15, -0.1) is 0 Å². The lowest BCUT2D eigenvalue weighted by molar-refractivity contribution is 0.0511. The molecule has 0 unspecified atom stereocenters. The van der Waals surface area contributed by atoms with Gasteiger partial charge in [-0.2, -0.15) is 15.0 Å². The molecule has 0 aliphatic heterocycles. The Labute approximate surface area is 211 Å². The number of hydrogen-bond donors (Lipinski definition) is 6. The highest BCUT2D eigenvalue weighted by Crippen LogP contribution is 2.22. The number of carbonyl (C=O) groups excluding carboxylic acids is 1. The summed E-state index contributed by atoms with van der Waals surface area (Å²) in [4.78, 5) is 25.9. The summed E-state index contributed by atoms with van der Waals surface area (Å²) in [6.07, 6.45) is 5.80. The van der Waals surface area contributed by atoms with Crippen molar-refractivity contribution in [3.8, 4) is 0 Å². The summed E-state index contributed by atoms with van der Waals surface area (Å²) in [5.41, 5.74) is 6.52. The number of aliphatic hydroxyl groups is 1. The zero-order valence-electron chi connectivity index (χ0n) is 20.7. The van der Waals surface area contributed by atoms with Crippen LogP contribution in [0.25, 0.3) is 0 Å². The third-order valence-electron chi connectivity index (χ3n) is 5.52. The number of hydrogen-bond acceptors (Lipinski definition) is 11. The maximum absolute atomic E-state index is 12.6. The number of rotatable bonds is 16. The summed E-state index contributed by atoms with van der Waals surface area (Å²) in [5.74, 6) is 0.971.